The van der Waals surface area contributed by atoms with Crippen LogP contribution in [0.3, 0.4) is 0 Å². The van der Waals surface area contributed by atoms with Gasteiger partial charge in [0.15, 0.2) is 5.12 Å². The molecule has 7 unspecified atom stereocenters. The molecule has 3 fully saturated rings. The molecule has 0 N–H and O–H groups in total. The molecule has 2 nitrogen and oxygen atoms in total. The van der Waals surface area contributed by atoms with Gasteiger partial charge >= 0.3 is 0 Å². The summed E-state index contributed by atoms with van der Waals surface area (Å²) < 4.78 is 0. The Balaban J connectivity index is 1.50. The summed E-state index contributed by atoms with van der Waals surface area (Å²) in [5, 5.41) is 1.09. The highest BCUT2D eigenvalue weighted by molar-refractivity contribution is 8.14. The predicted octanol–water partition coefficient (Wildman–Crippen LogP) is 13.5. The van der Waals surface area contributed by atoms with Gasteiger partial charge in [-0.2, -0.15) is 0 Å². The molecule has 3 saturated carbocycles. The van der Waals surface area contributed by atoms with Crippen molar-refractivity contribution in [2.24, 2.45) is 41.4 Å². The minimum absolute atomic E-state index is 0.514. The van der Waals surface area contributed by atoms with E-state index >= 15 is 0 Å². The molecule has 0 aromatic carbocycles. The van der Waals surface area contributed by atoms with Gasteiger partial charge in [0.05, 0.1) is 0 Å². The maximum Gasteiger partial charge on any atom is 0.189 e. The van der Waals surface area contributed by atoms with Crippen molar-refractivity contribution in [2.75, 3.05) is 20.6 Å². The topological polar surface area (TPSA) is 20.3 Å². The maximum absolute atomic E-state index is 13.4. The van der Waals surface area contributed by atoms with Crippen molar-refractivity contribution in [3.05, 3.63) is 0 Å². The molecule has 3 rings (SSSR count). The number of hydrogen-bond acceptors (Lipinski definition) is 3. The van der Waals surface area contributed by atoms with Gasteiger partial charge in [0.2, 0.25) is 0 Å². The van der Waals surface area contributed by atoms with Crippen LogP contribution < -0.4 is 0 Å². The van der Waals surface area contributed by atoms with Crippen LogP contribution in [-0.2, 0) is 4.79 Å². The number of unbranched alkanes of at least 4 members (excludes halogenated alkanes) is 8. The fourth-order valence-corrected chi connectivity index (χ4v) is 10.2. The molecule has 0 saturated heterocycles. The molecule has 0 aromatic heterocycles. The molecular weight excluding hydrogens is 579 g/mol. The Hall–Kier alpha value is -0.0200. The Morgan fingerprint density at radius 2 is 0.957 bits per heavy atom. The highest BCUT2D eigenvalue weighted by atomic mass is 32.2. The first-order chi connectivity index (χ1) is 22.4. The van der Waals surface area contributed by atoms with Gasteiger partial charge in [0.1, 0.15) is 0 Å². The number of hydrogen-bond donors (Lipinski definition) is 0. The molecule has 270 valence electrons. The van der Waals surface area contributed by atoms with Crippen LogP contribution in [0.25, 0.3) is 0 Å². The van der Waals surface area contributed by atoms with Crippen molar-refractivity contribution in [2.45, 2.75) is 206 Å². The Labute approximate surface area is 293 Å². The predicted molar refractivity (Wildman–Crippen MR) is 206 cm³/mol. The number of thioether (sulfide) groups is 1. The van der Waals surface area contributed by atoms with Gasteiger partial charge in [0.25, 0.3) is 0 Å². The highest BCUT2D eigenvalue weighted by Crippen LogP contribution is 2.49. The van der Waals surface area contributed by atoms with E-state index in [1.807, 2.05) is 11.8 Å². The van der Waals surface area contributed by atoms with Crippen molar-refractivity contribution in [1.82, 2.24) is 4.90 Å². The van der Waals surface area contributed by atoms with Crippen LogP contribution in [0.1, 0.15) is 201 Å². The van der Waals surface area contributed by atoms with Crippen LogP contribution >= 0.6 is 11.8 Å². The third kappa shape index (κ3) is 18.1. The molecule has 46 heavy (non-hydrogen) atoms. The second kappa shape index (κ2) is 24.2. The van der Waals surface area contributed by atoms with Crippen LogP contribution in [0, 0.1) is 41.4 Å². The smallest absolute Gasteiger partial charge is 0.189 e. The molecule has 0 spiro atoms. The summed E-state index contributed by atoms with van der Waals surface area (Å²) in [5.74, 6) is 6.96. The molecule has 0 aliphatic heterocycles. The average Bonchev–Trinajstić information content (AvgIpc) is 3.95. The summed E-state index contributed by atoms with van der Waals surface area (Å²) in [5.41, 5.74) is 0. The fraction of sp³-hybridized carbons (Fsp3) is 0.977. The van der Waals surface area contributed by atoms with E-state index < -0.39 is 0 Å². The molecule has 3 aliphatic rings. The van der Waals surface area contributed by atoms with Gasteiger partial charge in [-0.15, -0.1) is 0 Å². The van der Waals surface area contributed by atoms with Crippen LogP contribution in [0.5, 0.6) is 0 Å². The van der Waals surface area contributed by atoms with E-state index in [4.69, 9.17) is 0 Å². The van der Waals surface area contributed by atoms with Crippen molar-refractivity contribution in [3.8, 4) is 0 Å². The zero-order valence-electron chi connectivity index (χ0n) is 31.9. The first-order valence-electron chi connectivity index (χ1n) is 21.3. The van der Waals surface area contributed by atoms with Gasteiger partial charge in [-0.25, -0.2) is 0 Å². The lowest BCUT2D eigenvalue weighted by Gasteiger charge is -2.27. The molecule has 0 bridgehead atoms. The summed E-state index contributed by atoms with van der Waals surface area (Å²) in [6, 6.07) is 0. The molecule has 0 heterocycles. The second-order valence-electron chi connectivity index (χ2n) is 16.9. The monoisotopic (exact) mass is 660 g/mol. The zero-order chi connectivity index (χ0) is 33.0. The average molecular weight is 660 g/mol. The summed E-state index contributed by atoms with van der Waals surface area (Å²) >= 11 is 1.83. The van der Waals surface area contributed by atoms with Crippen molar-refractivity contribution in [3.63, 3.8) is 0 Å². The third-order valence-electron chi connectivity index (χ3n) is 12.4. The van der Waals surface area contributed by atoms with Crippen LogP contribution in [0.2, 0.25) is 0 Å². The Morgan fingerprint density at radius 3 is 1.37 bits per heavy atom. The number of rotatable bonds is 32. The lowest BCUT2D eigenvalue weighted by Crippen LogP contribution is -2.20. The van der Waals surface area contributed by atoms with E-state index in [9.17, 15) is 4.79 Å². The molecule has 0 aromatic rings. The van der Waals surface area contributed by atoms with E-state index in [0.29, 0.717) is 10.4 Å². The van der Waals surface area contributed by atoms with Gasteiger partial charge < -0.3 is 4.90 Å². The SMILES string of the molecule is CCCCCC1CC1CCCC(CCCC1CC1CCCCC)C(CCCC1CC1CCCCC)SC(=O)CCCCCN(C)C. The standard InChI is InChI=1S/C43H81NOS/c1-6-9-13-21-36-32-39(36)26-18-24-35(25-19-27-40-33-37(40)22-14-10-7-2)42(46-43(45)30-16-12-17-31-44(4)5)29-20-28-41-34-38(41)23-15-11-8-3/h35-42H,6-34H2,1-5H3. The van der Waals surface area contributed by atoms with E-state index in [1.54, 1.807) is 0 Å². The highest BCUT2D eigenvalue weighted by Gasteiger charge is 2.38. The minimum Gasteiger partial charge on any atom is -0.309 e. The lowest BCUT2D eigenvalue weighted by molar-refractivity contribution is -0.111. The van der Waals surface area contributed by atoms with Crippen molar-refractivity contribution < 1.29 is 4.79 Å². The molecule has 7 atom stereocenters. The number of carbonyl (C=O) groups is 1. The van der Waals surface area contributed by atoms with Gasteiger partial charge in [0, 0.05) is 11.7 Å². The number of nitrogens with zero attached hydrogens (tertiary/aromatic N) is 1. The second-order valence-corrected chi connectivity index (χ2v) is 18.2. The lowest BCUT2D eigenvalue weighted by atomic mass is 9.88. The van der Waals surface area contributed by atoms with Gasteiger partial charge in [-0.1, -0.05) is 155 Å². The summed E-state index contributed by atoms with van der Waals surface area (Å²) in [6.45, 7) is 8.15. The minimum atomic E-state index is 0.514. The summed E-state index contributed by atoms with van der Waals surface area (Å²) in [4.78, 5) is 15.7. The summed E-state index contributed by atoms with van der Waals surface area (Å²) in [6.07, 6.45) is 38.6. The molecule has 0 radical (unpaired) electrons. The normalized spacial score (nSPS) is 26.4. The van der Waals surface area contributed by atoms with E-state index in [2.05, 4.69) is 39.8 Å². The first kappa shape index (κ1) is 40.4. The molecular formula is C43H81NOS. The van der Waals surface area contributed by atoms with Crippen LogP contribution in [0.4, 0.5) is 0 Å². The van der Waals surface area contributed by atoms with Gasteiger partial charge in [-0.3, -0.25) is 4.79 Å². The first-order valence-corrected chi connectivity index (χ1v) is 22.2. The van der Waals surface area contributed by atoms with Crippen LogP contribution in [-0.4, -0.2) is 35.9 Å². The van der Waals surface area contributed by atoms with Crippen molar-refractivity contribution in [1.29, 1.82) is 0 Å². The largest absolute Gasteiger partial charge is 0.309 e. The quantitative estimate of drug-likeness (QED) is 0.0670. The maximum atomic E-state index is 13.4. The van der Waals surface area contributed by atoms with E-state index in [0.717, 1.165) is 60.8 Å². The molecule has 3 heteroatoms. The zero-order valence-corrected chi connectivity index (χ0v) is 32.7. The Morgan fingerprint density at radius 1 is 0.543 bits per heavy atom. The third-order valence-corrected chi connectivity index (χ3v) is 13.8. The molecule has 3 aliphatic carbocycles. The fourth-order valence-electron chi connectivity index (χ4n) is 8.90. The van der Waals surface area contributed by atoms with Crippen molar-refractivity contribution >= 4 is 16.9 Å². The Bertz CT molecular complexity index is 738. The molecule has 0 amide bonds. The number of carbonyl (C=O) groups excluding carboxylic acids is 1. The van der Waals surface area contributed by atoms with Crippen LogP contribution in [0.15, 0.2) is 0 Å². The van der Waals surface area contributed by atoms with E-state index in [-0.39, 0.29) is 0 Å². The van der Waals surface area contributed by atoms with E-state index in [1.165, 1.54) is 167 Å². The van der Waals surface area contributed by atoms with Gasteiger partial charge in [-0.05, 0) is 113 Å². The summed E-state index contributed by atoms with van der Waals surface area (Å²) in [7, 11) is 4.32. The Kier molecular flexibility index (Phi) is 21.2.